The standard InChI is InChI=1S/C13H17F3N2/c14-13(15,16)12(6-7-12)18-9-11(17)8-10-4-2-1-3-5-10/h1-5,11,18H,6-9,17H2. The number of nitrogens with two attached hydrogens (primary N) is 1. The summed E-state index contributed by atoms with van der Waals surface area (Å²) < 4.78 is 38.0. The predicted octanol–water partition coefficient (Wildman–Crippen LogP) is 2.24. The van der Waals surface area contributed by atoms with Crippen molar-refractivity contribution in [3.05, 3.63) is 35.9 Å². The second-order valence-corrected chi connectivity index (χ2v) is 4.91. The van der Waals surface area contributed by atoms with Gasteiger partial charge in [0.15, 0.2) is 0 Å². The van der Waals surface area contributed by atoms with Gasteiger partial charge in [-0.1, -0.05) is 30.3 Å². The van der Waals surface area contributed by atoms with Gasteiger partial charge in [-0.2, -0.15) is 13.2 Å². The Morgan fingerprint density at radius 3 is 2.33 bits per heavy atom. The molecule has 5 heteroatoms. The molecule has 2 rings (SSSR count). The third-order valence-corrected chi connectivity index (χ3v) is 3.34. The van der Waals surface area contributed by atoms with Crippen LogP contribution in [0.5, 0.6) is 0 Å². The van der Waals surface area contributed by atoms with Crippen molar-refractivity contribution in [3.63, 3.8) is 0 Å². The monoisotopic (exact) mass is 258 g/mol. The second kappa shape index (κ2) is 4.90. The average molecular weight is 258 g/mol. The second-order valence-electron chi connectivity index (χ2n) is 4.91. The molecule has 1 aromatic rings. The molecule has 18 heavy (non-hydrogen) atoms. The molecule has 0 heterocycles. The van der Waals surface area contributed by atoms with E-state index in [-0.39, 0.29) is 25.4 Å². The van der Waals surface area contributed by atoms with Gasteiger partial charge in [0.25, 0.3) is 0 Å². The topological polar surface area (TPSA) is 38.0 Å². The van der Waals surface area contributed by atoms with Gasteiger partial charge in [0, 0.05) is 12.6 Å². The summed E-state index contributed by atoms with van der Waals surface area (Å²) in [6.45, 7) is 0.189. The summed E-state index contributed by atoms with van der Waals surface area (Å²) >= 11 is 0. The van der Waals surface area contributed by atoms with Gasteiger partial charge >= 0.3 is 6.18 Å². The van der Waals surface area contributed by atoms with Crippen LogP contribution in [0.15, 0.2) is 30.3 Å². The Morgan fingerprint density at radius 1 is 1.22 bits per heavy atom. The van der Waals surface area contributed by atoms with Crippen LogP contribution in [0, 0.1) is 0 Å². The molecule has 100 valence electrons. The Labute approximate surface area is 104 Å². The van der Waals surface area contributed by atoms with Gasteiger partial charge in [-0.3, -0.25) is 0 Å². The van der Waals surface area contributed by atoms with E-state index < -0.39 is 11.7 Å². The van der Waals surface area contributed by atoms with Crippen LogP contribution < -0.4 is 11.1 Å². The normalized spacial score (nSPS) is 19.6. The summed E-state index contributed by atoms with van der Waals surface area (Å²) in [6, 6.07) is 9.25. The van der Waals surface area contributed by atoms with Crippen molar-refractivity contribution in [3.8, 4) is 0 Å². The maximum atomic E-state index is 12.7. The Morgan fingerprint density at radius 2 is 1.83 bits per heavy atom. The summed E-state index contributed by atoms with van der Waals surface area (Å²) in [4.78, 5) is 0. The Hall–Kier alpha value is -1.07. The van der Waals surface area contributed by atoms with Gasteiger partial charge in [0.05, 0.1) is 0 Å². The predicted molar refractivity (Wildman–Crippen MR) is 64.1 cm³/mol. The molecule has 3 N–H and O–H groups in total. The van der Waals surface area contributed by atoms with E-state index >= 15 is 0 Å². The molecule has 2 nitrogen and oxygen atoms in total. The molecule has 1 aliphatic carbocycles. The quantitative estimate of drug-likeness (QED) is 0.850. The molecular formula is C13H17F3N2. The van der Waals surface area contributed by atoms with Crippen LogP contribution in [-0.4, -0.2) is 24.3 Å². The average Bonchev–Trinajstić information content (AvgIpc) is 3.08. The first-order valence-electron chi connectivity index (χ1n) is 6.04. The molecule has 0 spiro atoms. The largest absolute Gasteiger partial charge is 0.406 e. The van der Waals surface area contributed by atoms with Gasteiger partial charge < -0.3 is 11.1 Å². The van der Waals surface area contributed by atoms with E-state index in [9.17, 15) is 13.2 Å². The summed E-state index contributed by atoms with van der Waals surface area (Å²) in [6.07, 6.45) is -3.26. The van der Waals surface area contributed by atoms with Gasteiger partial charge in [0.1, 0.15) is 5.54 Å². The zero-order valence-electron chi connectivity index (χ0n) is 10.0. The van der Waals surface area contributed by atoms with E-state index in [1.807, 2.05) is 30.3 Å². The van der Waals surface area contributed by atoms with Crippen molar-refractivity contribution in [1.29, 1.82) is 0 Å². The van der Waals surface area contributed by atoms with Gasteiger partial charge in [0.2, 0.25) is 0 Å². The first-order valence-corrected chi connectivity index (χ1v) is 6.04. The molecule has 0 aliphatic heterocycles. The van der Waals surface area contributed by atoms with Crippen molar-refractivity contribution in [2.75, 3.05) is 6.54 Å². The Balaban J connectivity index is 1.81. The van der Waals surface area contributed by atoms with Gasteiger partial charge in [-0.15, -0.1) is 0 Å². The zero-order valence-corrected chi connectivity index (χ0v) is 10.0. The fourth-order valence-electron chi connectivity index (χ4n) is 2.00. The first-order chi connectivity index (χ1) is 8.43. The van der Waals surface area contributed by atoms with E-state index in [0.29, 0.717) is 6.42 Å². The molecule has 1 saturated carbocycles. The highest BCUT2D eigenvalue weighted by molar-refractivity contribution is 5.16. The smallest absolute Gasteiger partial charge is 0.326 e. The minimum absolute atomic E-state index is 0.161. The minimum atomic E-state index is -4.17. The van der Waals surface area contributed by atoms with Crippen LogP contribution >= 0.6 is 0 Å². The minimum Gasteiger partial charge on any atom is -0.326 e. The zero-order chi connectivity index (χ0) is 13.2. The number of nitrogens with one attached hydrogen (secondary N) is 1. The number of hydrogen-bond acceptors (Lipinski definition) is 2. The molecule has 1 aromatic carbocycles. The maximum Gasteiger partial charge on any atom is 0.406 e. The number of benzene rings is 1. The van der Waals surface area contributed by atoms with E-state index in [4.69, 9.17) is 5.73 Å². The maximum absolute atomic E-state index is 12.7. The molecule has 0 radical (unpaired) electrons. The highest BCUT2D eigenvalue weighted by atomic mass is 19.4. The molecule has 1 aliphatic rings. The van der Waals surface area contributed by atoms with E-state index in [1.54, 1.807) is 0 Å². The molecule has 1 fully saturated rings. The molecule has 1 unspecified atom stereocenters. The third kappa shape index (κ3) is 3.03. The molecule has 0 saturated heterocycles. The van der Waals surface area contributed by atoms with Gasteiger partial charge in [-0.25, -0.2) is 0 Å². The highest BCUT2D eigenvalue weighted by Gasteiger charge is 2.62. The van der Waals surface area contributed by atoms with Crippen molar-refractivity contribution >= 4 is 0 Å². The Bertz CT molecular complexity index is 385. The SMILES string of the molecule is NC(CNC1(C(F)(F)F)CC1)Cc1ccccc1. The number of hydrogen-bond donors (Lipinski definition) is 2. The lowest BCUT2D eigenvalue weighted by atomic mass is 10.1. The van der Waals surface area contributed by atoms with Crippen molar-refractivity contribution < 1.29 is 13.2 Å². The third-order valence-electron chi connectivity index (χ3n) is 3.34. The lowest BCUT2D eigenvalue weighted by molar-refractivity contribution is -0.165. The molecule has 0 amide bonds. The first kappa shape index (κ1) is 13.4. The van der Waals surface area contributed by atoms with Crippen LogP contribution in [0.25, 0.3) is 0 Å². The summed E-state index contributed by atoms with van der Waals surface area (Å²) in [5, 5.41) is 2.58. The number of halogens is 3. The Kier molecular flexibility index (Phi) is 3.64. The lowest BCUT2D eigenvalue weighted by Crippen LogP contribution is -2.49. The molecular weight excluding hydrogens is 241 g/mol. The fourth-order valence-corrected chi connectivity index (χ4v) is 2.00. The summed E-state index contributed by atoms with van der Waals surface area (Å²) in [7, 11) is 0. The van der Waals surface area contributed by atoms with Crippen molar-refractivity contribution in [2.45, 2.75) is 37.0 Å². The summed E-state index contributed by atoms with van der Waals surface area (Å²) in [5.74, 6) is 0. The van der Waals surface area contributed by atoms with E-state index in [1.165, 1.54) is 0 Å². The molecule has 0 bridgehead atoms. The van der Waals surface area contributed by atoms with Gasteiger partial charge in [-0.05, 0) is 24.8 Å². The van der Waals surface area contributed by atoms with Crippen LogP contribution in [0.1, 0.15) is 18.4 Å². The van der Waals surface area contributed by atoms with Crippen molar-refractivity contribution in [1.82, 2.24) is 5.32 Å². The molecule has 1 atom stereocenters. The fraction of sp³-hybridized carbons (Fsp3) is 0.538. The van der Waals surface area contributed by atoms with E-state index in [2.05, 4.69) is 5.32 Å². The number of rotatable bonds is 5. The summed E-state index contributed by atoms with van der Waals surface area (Å²) in [5.41, 5.74) is 5.23. The van der Waals surface area contributed by atoms with Crippen LogP contribution in [0.4, 0.5) is 13.2 Å². The molecule has 0 aromatic heterocycles. The van der Waals surface area contributed by atoms with Crippen molar-refractivity contribution in [2.24, 2.45) is 5.73 Å². The van der Waals surface area contributed by atoms with Crippen LogP contribution in [0.3, 0.4) is 0 Å². The van der Waals surface area contributed by atoms with Crippen LogP contribution in [-0.2, 0) is 6.42 Å². The van der Waals surface area contributed by atoms with E-state index in [0.717, 1.165) is 5.56 Å². The van der Waals surface area contributed by atoms with Crippen LogP contribution in [0.2, 0.25) is 0 Å². The highest BCUT2D eigenvalue weighted by Crippen LogP contribution is 2.48. The number of alkyl halides is 3. The lowest BCUT2D eigenvalue weighted by Gasteiger charge is -2.23.